The molecule has 2 aromatic carbocycles. The second-order valence-corrected chi connectivity index (χ2v) is 9.19. The van der Waals surface area contributed by atoms with Crippen LogP contribution in [0.5, 0.6) is 0 Å². The predicted molar refractivity (Wildman–Crippen MR) is 119 cm³/mol. The Morgan fingerprint density at radius 3 is 2.59 bits per heavy atom. The molecule has 0 aliphatic carbocycles. The Bertz CT molecular complexity index is 1160. The van der Waals surface area contributed by atoms with Crippen LogP contribution in [0.1, 0.15) is 23.2 Å². The van der Waals surface area contributed by atoms with Crippen LogP contribution in [-0.4, -0.2) is 50.8 Å². The first-order valence-electron chi connectivity index (χ1n) is 9.74. The summed E-state index contributed by atoms with van der Waals surface area (Å²) in [6, 6.07) is 11.7. The summed E-state index contributed by atoms with van der Waals surface area (Å²) in [7, 11) is -4.10. The molecule has 1 aliphatic heterocycles. The van der Waals surface area contributed by atoms with Gasteiger partial charge in [0.1, 0.15) is 0 Å². The van der Waals surface area contributed by atoms with Gasteiger partial charge in [-0.15, -0.1) is 6.58 Å². The number of carbonyl (C=O) groups excluding carboxylic acids is 3. The molecule has 1 aliphatic rings. The maximum Gasteiger partial charge on any atom is 0.338 e. The first-order chi connectivity index (χ1) is 15.3. The van der Waals surface area contributed by atoms with Gasteiger partial charge < -0.3 is 4.74 Å². The zero-order valence-corrected chi connectivity index (χ0v) is 18.6. The molecule has 0 unspecified atom stereocenters. The lowest BCUT2D eigenvalue weighted by molar-refractivity contribution is -0.143. The number of hydrogen-bond donors (Lipinski definition) is 0. The molecule has 0 saturated carbocycles. The quantitative estimate of drug-likeness (QED) is 0.428. The minimum Gasteiger partial charge on any atom is -0.452 e. The lowest BCUT2D eigenvalue weighted by Gasteiger charge is -2.24. The standard InChI is InChI=1S/C22H21ClN2O6S/c1-2-12-25(19-10-4-3-9-18(19)23)32(29,30)17-8-5-7-16(14-17)22(28)31-15-21(27)24-13-6-11-20(24)26/h2-5,7-10,14H,1,6,11-13,15H2. The van der Waals surface area contributed by atoms with Crippen molar-refractivity contribution in [2.24, 2.45) is 0 Å². The van der Waals surface area contributed by atoms with Gasteiger partial charge in [0, 0.05) is 13.0 Å². The number of amides is 2. The summed E-state index contributed by atoms with van der Waals surface area (Å²) in [5.74, 6) is -1.79. The second-order valence-electron chi connectivity index (χ2n) is 6.92. The summed E-state index contributed by atoms with van der Waals surface area (Å²) in [5, 5.41) is 0.239. The van der Waals surface area contributed by atoms with Gasteiger partial charge in [0.15, 0.2) is 6.61 Å². The lowest BCUT2D eigenvalue weighted by atomic mass is 10.2. The first-order valence-corrected chi connectivity index (χ1v) is 11.6. The van der Waals surface area contributed by atoms with Crippen LogP contribution in [0.15, 0.2) is 66.1 Å². The molecule has 0 aromatic heterocycles. The van der Waals surface area contributed by atoms with Crippen molar-refractivity contribution in [1.29, 1.82) is 0 Å². The van der Waals surface area contributed by atoms with Crippen molar-refractivity contribution >= 4 is 45.1 Å². The number of rotatable bonds is 8. The molecule has 3 rings (SSSR count). The number of carbonyl (C=O) groups is 3. The van der Waals surface area contributed by atoms with E-state index in [2.05, 4.69) is 6.58 Å². The number of anilines is 1. The number of halogens is 1. The van der Waals surface area contributed by atoms with Crippen LogP contribution in [0, 0.1) is 0 Å². The third kappa shape index (κ3) is 5.00. The fourth-order valence-electron chi connectivity index (χ4n) is 3.21. The lowest BCUT2D eigenvalue weighted by Crippen LogP contribution is -2.35. The van der Waals surface area contributed by atoms with E-state index in [-0.39, 0.29) is 40.0 Å². The molecule has 1 fully saturated rings. The highest BCUT2D eigenvalue weighted by atomic mass is 35.5. The average molecular weight is 477 g/mol. The highest BCUT2D eigenvalue weighted by molar-refractivity contribution is 7.92. The minimum absolute atomic E-state index is 0.0426. The maximum absolute atomic E-state index is 13.3. The van der Waals surface area contributed by atoms with Crippen LogP contribution in [0.25, 0.3) is 0 Å². The maximum atomic E-state index is 13.3. The molecule has 8 nitrogen and oxygen atoms in total. The number of esters is 1. The number of para-hydroxylation sites is 1. The van der Waals surface area contributed by atoms with Crippen molar-refractivity contribution < 1.29 is 27.5 Å². The first kappa shape index (κ1) is 23.5. The number of hydrogen-bond acceptors (Lipinski definition) is 6. The summed E-state index contributed by atoms with van der Waals surface area (Å²) in [6.07, 6.45) is 2.28. The highest BCUT2D eigenvalue weighted by Crippen LogP contribution is 2.30. The van der Waals surface area contributed by atoms with Crippen LogP contribution in [-0.2, 0) is 24.3 Å². The van der Waals surface area contributed by atoms with Gasteiger partial charge >= 0.3 is 5.97 Å². The molecule has 2 aromatic rings. The third-order valence-corrected chi connectivity index (χ3v) is 6.87. The Kier molecular flexibility index (Phi) is 7.32. The highest BCUT2D eigenvalue weighted by Gasteiger charge is 2.28. The van der Waals surface area contributed by atoms with Crippen molar-refractivity contribution in [3.05, 3.63) is 71.8 Å². The van der Waals surface area contributed by atoms with E-state index in [1.165, 1.54) is 24.3 Å². The van der Waals surface area contributed by atoms with Crippen molar-refractivity contribution in [3.8, 4) is 0 Å². The molecular formula is C22H21ClN2O6S. The summed E-state index contributed by atoms with van der Waals surface area (Å²) < 4.78 is 32.7. The van der Waals surface area contributed by atoms with Crippen LogP contribution in [0.2, 0.25) is 5.02 Å². The number of imide groups is 1. The van der Waals surface area contributed by atoms with E-state index in [1.807, 2.05) is 0 Å². The number of nitrogens with zero attached hydrogens (tertiary/aromatic N) is 2. The number of benzene rings is 2. The van der Waals surface area contributed by atoms with Gasteiger partial charge in [-0.3, -0.25) is 18.8 Å². The van der Waals surface area contributed by atoms with Gasteiger partial charge in [0.05, 0.1) is 27.7 Å². The van der Waals surface area contributed by atoms with Gasteiger partial charge in [-0.05, 0) is 36.8 Å². The zero-order chi connectivity index (χ0) is 23.3. The van der Waals surface area contributed by atoms with Crippen molar-refractivity contribution in [2.75, 3.05) is 24.0 Å². The van der Waals surface area contributed by atoms with Gasteiger partial charge in [0.2, 0.25) is 5.91 Å². The van der Waals surface area contributed by atoms with Crippen molar-refractivity contribution in [1.82, 2.24) is 4.90 Å². The number of likely N-dealkylation sites (tertiary alicyclic amines) is 1. The Balaban J connectivity index is 1.81. The fourth-order valence-corrected chi connectivity index (χ4v) is 5.00. The van der Waals surface area contributed by atoms with E-state index < -0.39 is 28.5 Å². The molecule has 0 bridgehead atoms. The average Bonchev–Trinajstić information content (AvgIpc) is 3.22. The van der Waals surface area contributed by atoms with Crippen LogP contribution in [0.3, 0.4) is 0 Å². The molecule has 10 heteroatoms. The normalized spacial score (nSPS) is 13.7. The van der Waals surface area contributed by atoms with E-state index >= 15 is 0 Å². The third-order valence-electron chi connectivity index (χ3n) is 4.78. The number of ether oxygens (including phenoxy) is 1. The molecule has 0 atom stereocenters. The SMILES string of the molecule is C=CCN(c1ccccc1Cl)S(=O)(=O)c1cccc(C(=O)OCC(=O)N2CCCC2=O)c1. The molecular weight excluding hydrogens is 456 g/mol. The van der Waals surface area contributed by atoms with Crippen LogP contribution < -0.4 is 4.31 Å². The van der Waals surface area contributed by atoms with Crippen LogP contribution >= 0.6 is 11.6 Å². The smallest absolute Gasteiger partial charge is 0.338 e. The minimum atomic E-state index is -4.10. The van der Waals surface area contributed by atoms with E-state index in [9.17, 15) is 22.8 Å². The summed E-state index contributed by atoms with van der Waals surface area (Å²) in [4.78, 5) is 37.0. The summed E-state index contributed by atoms with van der Waals surface area (Å²) in [6.45, 7) is 3.25. The molecule has 0 radical (unpaired) electrons. The summed E-state index contributed by atoms with van der Waals surface area (Å²) in [5.41, 5.74) is 0.215. The molecule has 0 N–H and O–H groups in total. The van der Waals surface area contributed by atoms with Crippen molar-refractivity contribution in [2.45, 2.75) is 17.7 Å². The van der Waals surface area contributed by atoms with Crippen molar-refractivity contribution in [3.63, 3.8) is 0 Å². The zero-order valence-electron chi connectivity index (χ0n) is 17.1. The largest absolute Gasteiger partial charge is 0.452 e. The molecule has 32 heavy (non-hydrogen) atoms. The topological polar surface area (TPSA) is 101 Å². The van der Waals surface area contributed by atoms with E-state index in [4.69, 9.17) is 16.3 Å². The molecule has 2 amide bonds. The second kappa shape index (κ2) is 9.97. The molecule has 168 valence electrons. The Labute approximate surface area is 191 Å². The Morgan fingerprint density at radius 1 is 1.19 bits per heavy atom. The van der Waals surface area contributed by atoms with Gasteiger partial charge in [0.25, 0.3) is 15.9 Å². The van der Waals surface area contributed by atoms with E-state index in [1.54, 1.807) is 24.3 Å². The fraction of sp³-hybridized carbons (Fsp3) is 0.227. The number of sulfonamides is 1. The van der Waals surface area contributed by atoms with Gasteiger partial charge in [-0.25, -0.2) is 13.2 Å². The molecule has 1 heterocycles. The Morgan fingerprint density at radius 2 is 1.94 bits per heavy atom. The molecule has 1 saturated heterocycles. The van der Waals surface area contributed by atoms with E-state index in [0.29, 0.717) is 13.0 Å². The monoisotopic (exact) mass is 476 g/mol. The van der Waals surface area contributed by atoms with Gasteiger partial charge in [-0.2, -0.15) is 0 Å². The predicted octanol–water partition coefficient (Wildman–Crippen LogP) is 3.03. The van der Waals surface area contributed by atoms with Crippen LogP contribution in [0.4, 0.5) is 5.69 Å². The molecule has 0 spiro atoms. The summed E-state index contributed by atoms with van der Waals surface area (Å²) >= 11 is 6.19. The van der Waals surface area contributed by atoms with E-state index in [0.717, 1.165) is 15.3 Å². The van der Waals surface area contributed by atoms with Gasteiger partial charge in [-0.1, -0.05) is 35.9 Å². The Hall–Kier alpha value is -3.17.